The summed E-state index contributed by atoms with van der Waals surface area (Å²) >= 11 is -0.253. The topological polar surface area (TPSA) is 26.3 Å². The zero-order chi connectivity index (χ0) is 13.5. The van der Waals surface area contributed by atoms with Crippen LogP contribution in [0.5, 0.6) is 5.75 Å². The van der Waals surface area contributed by atoms with Crippen LogP contribution in [-0.4, -0.2) is 26.2 Å². The van der Waals surface area contributed by atoms with Gasteiger partial charge in [-0.1, -0.05) is 0 Å². The van der Waals surface area contributed by atoms with Gasteiger partial charge in [0.05, 0.1) is 0 Å². The van der Waals surface area contributed by atoms with E-state index in [1.165, 1.54) is 0 Å². The molecular formula is C16H12O2Se. The Labute approximate surface area is 119 Å². The van der Waals surface area contributed by atoms with Gasteiger partial charge in [0.25, 0.3) is 0 Å². The standard InChI is InChI=1S/C16H12O2Se/c1-2-12-18-15-11-7-6-10-14(15)16(17)19-13-8-4-3-5-9-13/h1,3-11H,12H2. The summed E-state index contributed by atoms with van der Waals surface area (Å²) in [5.41, 5.74) is 0.599. The monoisotopic (exact) mass is 316 g/mol. The molecule has 0 aliphatic carbocycles. The first kappa shape index (κ1) is 13.4. The normalized spacial score (nSPS) is 9.63. The van der Waals surface area contributed by atoms with E-state index in [0.717, 1.165) is 4.46 Å². The summed E-state index contributed by atoms with van der Waals surface area (Å²) in [5.74, 6) is 2.96. The minimum atomic E-state index is -0.253. The molecule has 0 unspecified atom stereocenters. The third-order valence-corrected chi connectivity index (χ3v) is 4.29. The van der Waals surface area contributed by atoms with Gasteiger partial charge in [-0.15, -0.1) is 0 Å². The van der Waals surface area contributed by atoms with Crippen molar-refractivity contribution in [3.05, 3.63) is 60.2 Å². The van der Waals surface area contributed by atoms with E-state index < -0.39 is 0 Å². The maximum absolute atomic E-state index is 12.3. The van der Waals surface area contributed by atoms with Crippen LogP contribution in [0.3, 0.4) is 0 Å². The van der Waals surface area contributed by atoms with E-state index in [1.54, 1.807) is 12.1 Å². The summed E-state index contributed by atoms with van der Waals surface area (Å²) in [6.07, 6.45) is 5.17. The van der Waals surface area contributed by atoms with Crippen LogP contribution in [0, 0.1) is 12.3 Å². The number of ether oxygens (including phenoxy) is 1. The van der Waals surface area contributed by atoms with Crippen molar-refractivity contribution in [3.8, 4) is 18.1 Å². The Balaban J connectivity index is 2.17. The molecule has 0 aromatic heterocycles. The molecule has 0 amide bonds. The first-order valence-electron chi connectivity index (χ1n) is 5.74. The molecule has 3 heteroatoms. The second-order valence-corrected chi connectivity index (χ2v) is 5.89. The summed E-state index contributed by atoms with van der Waals surface area (Å²) < 4.78 is 6.54. The number of rotatable bonds is 5. The number of terminal acetylenes is 1. The second-order valence-electron chi connectivity index (χ2n) is 3.69. The van der Waals surface area contributed by atoms with Gasteiger partial charge in [-0.05, 0) is 0 Å². The number of hydrogen-bond acceptors (Lipinski definition) is 2. The Morgan fingerprint density at radius 1 is 1.11 bits per heavy atom. The average Bonchev–Trinajstić information content (AvgIpc) is 2.46. The molecule has 0 aliphatic rings. The first-order chi connectivity index (χ1) is 9.31. The fraction of sp³-hybridized carbons (Fsp3) is 0.0625. The summed E-state index contributed by atoms with van der Waals surface area (Å²) in [7, 11) is 0. The van der Waals surface area contributed by atoms with Crippen LogP contribution in [0.4, 0.5) is 0 Å². The molecule has 0 radical (unpaired) electrons. The molecule has 2 aromatic carbocycles. The molecule has 0 N–H and O–H groups in total. The number of carbonyl (C=O) groups excluding carboxylic acids is 1. The number of carbonyl (C=O) groups is 1. The van der Waals surface area contributed by atoms with Crippen molar-refractivity contribution in [1.29, 1.82) is 0 Å². The van der Waals surface area contributed by atoms with E-state index in [2.05, 4.69) is 5.92 Å². The summed E-state index contributed by atoms with van der Waals surface area (Å²) in [6, 6.07) is 16.9. The number of benzene rings is 2. The van der Waals surface area contributed by atoms with E-state index in [-0.39, 0.29) is 26.2 Å². The van der Waals surface area contributed by atoms with Gasteiger partial charge in [-0.2, -0.15) is 0 Å². The number of hydrogen-bond donors (Lipinski definition) is 0. The Morgan fingerprint density at radius 2 is 1.79 bits per heavy atom. The Morgan fingerprint density at radius 3 is 2.53 bits per heavy atom. The van der Waals surface area contributed by atoms with Gasteiger partial charge in [0.15, 0.2) is 0 Å². The fourth-order valence-electron chi connectivity index (χ4n) is 1.53. The Kier molecular flexibility index (Phi) is 4.80. The van der Waals surface area contributed by atoms with E-state index in [4.69, 9.17) is 11.2 Å². The molecule has 0 spiro atoms. The van der Waals surface area contributed by atoms with Gasteiger partial charge in [0.1, 0.15) is 0 Å². The third-order valence-electron chi connectivity index (χ3n) is 2.37. The molecule has 19 heavy (non-hydrogen) atoms. The SMILES string of the molecule is C#CCOc1ccccc1C(=O)[Se]c1ccccc1. The summed E-state index contributed by atoms with van der Waals surface area (Å²) in [6.45, 7) is 0.169. The molecule has 0 bridgehead atoms. The van der Waals surface area contributed by atoms with Crippen molar-refractivity contribution < 1.29 is 9.53 Å². The van der Waals surface area contributed by atoms with E-state index in [1.807, 2.05) is 42.5 Å². The first-order valence-corrected chi connectivity index (χ1v) is 7.45. The molecule has 0 heterocycles. The zero-order valence-corrected chi connectivity index (χ0v) is 11.9. The van der Waals surface area contributed by atoms with Crippen LogP contribution in [0.1, 0.15) is 10.4 Å². The van der Waals surface area contributed by atoms with Crippen LogP contribution in [0.2, 0.25) is 0 Å². The van der Waals surface area contributed by atoms with E-state index in [0.29, 0.717) is 11.3 Å². The minimum absolute atomic E-state index is 0.0892. The van der Waals surface area contributed by atoms with Crippen molar-refractivity contribution in [2.75, 3.05) is 6.61 Å². The third kappa shape index (κ3) is 3.72. The Bertz CT molecular complexity index is 600. The molecule has 2 nitrogen and oxygen atoms in total. The van der Waals surface area contributed by atoms with Crippen molar-refractivity contribution in [1.82, 2.24) is 0 Å². The van der Waals surface area contributed by atoms with Crippen LogP contribution >= 0.6 is 0 Å². The molecule has 94 valence electrons. The average molecular weight is 315 g/mol. The summed E-state index contributed by atoms with van der Waals surface area (Å²) in [4.78, 5) is 12.3. The molecule has 0 atom stereocenters. The summed E-state index contributed by atoms with van der Waals surface area (Å²) in [5, 5.41) is 0. The predicted octanol–water partition coefficient (Wildman–Crippen LogP) is 1.87. The van der Waals surface area contributed by atoms with Gasteiger partial charge < -0.3 is 0 Å². The van der Waals surface area contributed by atoms with E-state index in [9.17, 15) is 4.79 Å². The van der Waals surface area contributed by atoms with E-state index >= 15 is 0 Å². The molecule has 2 rings (SSSR count). The molecule has 0 fully saturated rings. The molecule has 0 aliphatic heterocycles. The maximum atomic E-state index is 12.3. The van der Waals surface area contributed by atoms with Gasteiger partial charge in [0.2, 0.25) is 0 Å². The van der Waals surface area contributed by atoms with Crippen LogP contribution in [0.15, 0.2) is 54.6 Å². The van der Waals surface area contributed by atoms with Crippen molar-refractivity contribution >= 4 is 24.1 Å². The zero-order valence-electron chi connectivity index (χ0n) is 10.2. The fourth-order valence-corrected chi connectivity index (χ4v) is 3.18. The molecule has 0 saturated carbocycles. The molecule has 2 aromatic rings. The predicted molar refractivity (Wildman–Crippen MR) is 76.9 cm³/mol. The van der Waals surface area contributed by atoms with Crippen molar-refractivity contribution in [2.45, 2.75) is 0 Å². The van der Waals surface area contributed by atoms with Crippen molar-refractivity contribution in [3.63, 3.8) is 0 Å². The van der Waals surface area contributed by atoms with Crippen LogP contribution in [0.25, 0.3) is 0 Å². The second kappa shape index (κ2) is 6.80. The Hall–Kier alpha value is -2.01. The van der Waals surface area contributed by atoms with Gasteiger partial charge >= 0.3 is 118 Å². The molecule has 0 saturated heterocycles. The van der Waals surface area contributed by atoms with Gasteiger partial charge in [-0.3, -0.25) is 0 Å². The van der Waals surface area contributed by atoms with Gasteiger partial charge in [-0.25, -0.2) is 0 Å². The van der Waals surface area contributed by atoms with Crippen LogP contribution < -0.4 is 9.20 Å². The van der Waals surface area contributed by atoms with Crippen LogP contribution in [-0.2, 0) is 0 Å². The van der Waals surface area contributed by atoms with Crippen molar-refractivity contribution in [2.24, 2.45) is 0 Å². The molecular weight excluding hydrogens is 303 g/mol. The number of para-hydroxylation sites is 1. The quantitative estimate of drug-likeness (QED) is 0.622. The van der Waals surface area contributed by atoms with Gasteiger partial charge in [0, 0.05) is 0 Å².